The van der Waals surface area contributed by atoms with Crippen LogP contribution in [0, 0.1) is 0 Å². The number of hydrogen-bond acceptors (Lipinski definition) is 4. The highest BCUT2D eigenvalue weighted by Crippen LogP contribution is 2.39. The molecular weight excluding hydrogens is 484 g/mol. The Labute approximate surface area is 233 Å². The Morgan fingerprint density at radius 2 is 0.897 bits per heavy atom. The van der Waals surface area contributed by atoms with Gasteiger partial charge in [0.1, 0.15) is 17.2 Å². The molecule has 0 spiro atoms. The first-order chi connectivity index (χ1) is 19.1. The highest BCUT2D eigenvalue weighted by atomic mass is 16.9. The predicted octanol–water partition coefficient (Wildman–Crippen LogP) is 8.60. The number of ether oxygens (including phenoxy) is 3. The van der Waals surface area contributed by atoms with Crippen molar-refractivity contribution in [3.05, 3.63) is 127 Å². The third-order valence-corrected chi connectivity index (χ3v) is 6.84. The predicted molar refractivity (Wildman–Crippen MR) is 157 cm³/mol. The Balaban J connectivity index is 1.79. The van der Waals surface area contributed by atoms with Crippen LogP contribution >= 0.6 is 0 Å². The first-order valence-electron chi connectivity index (χ1n) is 14.1. The smallest absolute Gasteiger partial charge is 0.418 e. The lowest BCUT2D eigenvalue weighted by Gasteiger charge is -2.45. The summed E-state index contributed by atoms with van der Waals surface area (Å²) in [5.74, 6) is -0.257. The van der Waals surface area contributed by atoms with Gasteiger partial charge in [-0.05, 0) is 48.4 Å². The van der Waals surface area contributed by atoms with Crippen molar-refractivity contribution in [1.29, 1.82) is 0 Å². The number of aliphatic hydroxyl groups is 1. The number of benzene rings is 4. The second-order valence-electron chi connectivity index (χ2n) is 10.0. The summed E-state index contributed by atoms with van der Waals surface area (Å²) in [6.45, 7) is 2.22. The summed E-state index contributed by atoms with van der Waals surface area (Å²) < 4.78 is 19.9. The molecule has 0 radical (unpaired) electrons. The second kappa shape index (κ2) is 14.4. The van der Waals surface area contributed by atoms with E-state index in [2.05, 4.69) is 6.92 Å². The maximum atomic E-state index is 12.8. The van der Waals surface area contributed by atoms with E-state index in [9.17, 15) is 5.11 Å². The molecule has 1 unspecified atom stereocenters. The Morgan fingerprint density at radius 1 is 0.513 bits per heavy atom. The van der Waals surface area contributed by atoms with Gasteiger partial charge in [-0.2, -0.15) is 0 Å². The fourth-order valence-electron chi connectivity index (χ4n) is 4.76. The number of rotatable bonds is 16. The van der Waals surface area contributed by atoms with E-state index in [1.807, 2.05) is 121 Å². The van der Waals surface area contributed by atoms with Gasteiger partial charge >= 0.3 is 5.97 Å². The van der Waals surface area contributed by atoms with Crippen LogP contribution in [0.3, 0.4) is 0 Å². The van der Waals surface area contributed by atoms with Crippen molar-refractivity contribution < 1.29 is 19.3 Å². The van der Waals surface area contributed by atoms with Crippen molar-refractivity contribution in [1.82, 2.24) is 0 Å². The molecule has 4 rings (SSSR count). The lowest BCUT2D eigenvalue weighted by Crippen LogP contribution is -2.66. The van der Waals surface area contributed by atoms with Crippen LogP contribution in [-0.2, 0) is 6.42 Å². The maximum absolute atomic E-state index is 12.8. The van der Waals surface area contributed by atoms with E-state index in [0.29, 0.717) is 23.7 Å². The summed E-state index contributed by atoms with van der Waals surface area (Å²) in [5, 5.41) is 12.8. The van der Waals surface area contributed by atoms with Gasteiger partial charge < -0.3 is 19.3 Å². The Kier molecular flexibility index (Phi) is 10.4. The van der Waals surface area contributed by atoms with Gasteiger partial charge in [0.25, 0.3) is 0 Å². The lowest BCUT2D eigenvalue weighted by atomic mass is 9.86. The largest absolute Gasteiger partial charge is 0.448 e. The molecule has 0 aliphatic carbocycles. The van der Waals surface area contributed by atoms with Gasteiger partial charge in [-0.1, -0.05) is 130 Å². The average molecular weight is 525 g/mol. The summed E-state index contributed by atoms with van der Waals surface area (Å²) >= 11 is 0. The number of unbranched alkanes of at least 4 members (excludes halogenated alkanes) is 5. The molecule has 0 bridgehead atoms. The van der Waals surface area contributed by atoms with E-state index in [4.69, 9.17) is 14.2 Å². The maximum Gasteiger partial charge on any atom is 0.448 e. The summed E-state index contributed by atoms with van der Waals surface area (Å²) in [5.41, 5.74) is -0.568. The van der Waals surface area contributed by atoms with Crippen LogP contribution in [-0.4, -0.2) is 16.7 Å². The minimum Gasteiger partial charge on any atom is -0.418 e. The zero-order chi connectivity index (χ0) is 27.2. The molecule has 39 heavy (non-hydrogen) atoms. The number of hydrogen-bond donors (Lipinski definition) is 1. The topological polar surface area (TPSA) is 47.9 Å². The second-order valence-corrected chi connectivity index (χ2v) is 10.0. The Hall–Kier alpha value is -3.76. The van der Waals surface area contributed by atoms with Gasteiger partial charge in [0, 0.05) is 6.42 Å². The van der Waals surface area contributed by atoms with E-state index in [-0.39, 0.29) is 6.42 Å². The molecule has 4 aromatic carbocycles. The molecule has 1 atom stereocenters. The molecule has 0 aliphatic heterocycles. The molecule has 4 aromatic rings. The molecule has 0 aliphatic rings. The molecular formula is C35H40O4. The third kappa shape index (κ3) is 8.11. The van der Waals surface area contributed by atoms with Gasteiger partial charge in [-0.25, -0.2) is 0 Å². The summed E-state index contributed by atoms with van der Waals surface area (Å²) in [4.78, 5) is 0. The van der Waals surface area contributed by atoms with Gasteiger partial charge in [0.05, 0.1) is 0 Å². The van der Waals surface area contributed by atoms with Crippen LogP contribution in [0.5, 0.6) is 17.2 Å². The summed E-state index contributed by atoms with van der Waals surface area (Å²) in [6.07, 6.45) is 7.28. The minimum atomic E-state index is -1.88. The van der Waals surface area contributed by atoms with E-state index >= 15 is 0 Å². The van der Waals surface area contributed by atoms with E-state index in [1.165, 1.54) is 19.3 Å². The van der Waals surface area contributed by atoms with Crippen LogP contribution < -0.4 is 14.2 Å². The highest BCUT2D eigenvalue weighted by molar-refractivity contribution is 5.29. The SMILES string of the molecule is CCCCCCCCC(O)(Cc1ccccc1)C(Oc1ccccc1)(Oc1ccccc1)Oc1ccccc1. The van der Waals surface area contributed by atoms with Gasteiger partial charge in [0.2, 0.25) is 0 Å². The zero-order valence-electron chi connectivity index (χ0n) is 22.9. The van der Waals surface area contributed by atoms with Gasteiger partial charge in [-0.15, -0.1) is 0 Å². The monoisotopic (exact) mass is 524 g/mol. The fraction of sp³-hybridized carbons (Fsp3) is 0.314. The van der Waals surface area contributed by atoms with Crippen LogP contribution in [0.2, 0.25) is 0 Å². The van der Waals surface area contributed by atoms with Crippen molar-refractivity contribution in [2.45, 2.75) is 69.9 Å². The summed E-state index contributed by atoms with van der Waals surface area (Å²) in [6, 6.07) is 38.3. The minimum absolute atomic E-state index is 0.287. The number of para-hydroxylation sites is 3. The van der Waals surface area contributed by atoms with Gasteiger partial charge in [-0.3, -0.25) is 0 Å². The average Bonchev–Trinajstić information content (AvgIpc) is 2.97. The van der Waals surface area contributed by atoms with Crippen LogP contribution in [0.1, 0.15) is 57.4 Å². The van der Waals surface area contributed by atoms with Crippen molar-refractivity contribution in [2.75, 3.05) is 0 Å². The highest BCUT2D eigenvalue weighted by Gasteiger charge is 2.59. The van der Waals surface area contributed by atoms with E-state index in [1.54, 1.807) is 0 Å². The molecule has 204 valence electrons. The van der Waals surface area contributed by atoms with Crippen molar-refractivity contribution >= 4 is 0 Å². The van der Waals surface area contributed by atoms with E-state index < -0.39 is 11.6 Å². The molecule has 0 heterocycles. The first kappa shape index (κ1) is 28.3. The molecule has 4 nitrogen and oxygen atoms in total. The van der Waals surface area contributed by atoms with Crippen LogP contribution in [0.25, 0.3) is 0 Å². The van der Waals surface area contributed by atoms with E-state index in [0.717, 1.165) is 24.8 Å². The molecule has 4 heteroatoms. The molecule has 0 fully saturated rings. The Morgan fingerprint density at radius 3 is 1.33 bits per heavy atom. The molecule has 0 saturated heterocycles. The van der Waals surface area contributed by atoms with Crippen molar-refractivity contribution in [3.8, 4) is 17.2 Å². The zero-order valence-corrected chi connectivity index (χ0v) is 22.9. The third-order valence-electron chi connectivity index (χ3n) is 6.84. The summed E-state index contributed by atoms with van der Waals surface area (Å²) in [7, 11) is 0. The first-order valence-corrected chi connectivity index (χ1v) is 14.1. The molecule has 0 aromatic heterocycles. The Bertz CT molecular complexity index is 1100. The van der Waals surface area contributed by atoms with Crippen molar-refractivity contribution in [2.24, 2.45) is 0 Å². The lowest BCUT2D eigenvalue weighted by molar-refractivity contribution is -0.344. The normalized spacial score (nSPS) is 12.9. The molecule has 0 amide bonds. The van der Waals surface area contributed by atoms with Crippen LogP contribution in [0.15, 0.2) is 121 Å². The van der Waals surface area contributed by atoms with Crippen molar-refractivity contribution in [3.63, 3.8) is 0 Å². The molecule has 0 saturated carbocycles. The quantitative estimate of drug-likeness (QED) is 0.118. The standard InChI is InChI=1S/C35H40O4/c1-2-3-4-5-6-19-28-34(36,29-30-20-11-7-12-21-30)35(37-31-22-13-8-14-23-31,38-32-24-15-9-16-25-32)39-33-26-17-10-18-27-33/h7-18,20-27,36H,2-6,19,28-29H2,1H3. The fourth-order valence-corrected chi connectivity index (χ4v) is 4.76. The molecule has 1 N–H and O–H groups in total. The van der Waals surface area contributed by atoms with Gasteiger partial charge in [0.15, 0.2) is 5.60 Å². The van der Waals surface area contributed by atoms with Crippen LogP contribution in [0.4, 0.5) is 0 Å².